The van der Waals surface area contributed by atoms with Gasteiger partial charge in [-0.3, -0.25) is 4.79 Å². The van der Waals surface area contributed by atoms with E-state index < -0.39 is 0 Å². The summed E-state index contributed by atoms with van der Waals surface area (Å²) < 4.78 is 5.54. The molecule has 2 rings (SSSR count). The number of amides is 1. The molecule has 2 heterocycles. The fourth-order valence-corrected chi connectivity index (χ4v) is 2.31. The summed E-state index contributed by atoms with van der Waals surface area (Å²) in [7, 11) is 0. The van der Waals surface area contributed by atoms with Crippen LogP contribution in [0.1, 0.15) is 43.7 Å². The summed E-state index contributed by atoms with van der Waals surface area (Å²) in [5.74, 6) is 2.12. The number of hydrogen-bond donors (Lipinski definition) is 1. The minimum absolute atomic E-state index is 0.157. The second kappa shape index (κ2) is 6.05. The van der Waals surface area contributed by atoms with Gasteiger partial charge in [0.1, 0.15) is 11.5 Å². The zero-order valence-electron chi connectivity index (χ0n) is 11.2. The van der Waals surface area contributed by atoms with Crippen LogP contribution >= 0.6 is 0 Å². The molecule has 1 atom stereocenters. The van der Waals surface area contributed by atoms with Crippen molar-refractivity contribution in [3.63, 3.8) is 0 Å². The van der Waals surface area contributed by atoms with Crippen molar-refractivity contribution in [3.8, 4) is 0 Å². The van der Waals surface area contributed by atoms with Gasteiger partial charge in [-0.05, 0) is 38.8 Å². The molecule has 100 valence electrons. The maximum absolute atomic E-state index is 11.8. The predicted octanol–water partition coefficient (Wildman–Crippen LogP) is 2.25. The van der Waals surface area contributed by atoms with Crippen molar-refractivity contribution < 1.29 is 9.21 Å². The lowest BCUT2D eigenvalue weighted by molar-refractivity contribution is -0.130. The molecule has 1 N–H and O–H groups in total. The lowest BCUT2D eigenvalue weighted by Crippen LogP contribution is -2.31. The first-order valence-corrected chi connectivity index (χ1v) is 6.74. The summed E-state index contributed by atoms with van der Waals surface area (Å²) in [6, 6.07) is 4.10. The van der Waals surface area contributed by atoms with Crippen LogP contribution in [0, 0.1) is 6.92 Å². The smallest absolute Gasteiger partial charge is 0.223 e. The van der Waals surface area contributed by atoms with Gasteiger partial charge in [0, 0.05) is 26.1 Å². The Morgan fingerprint density at radius 1 is 1.44 bits per heavy atom. The summed E-state index contributed by atoms with van der Waals surface area (Å²) in [4.78, 5) is 13.8. The highest BCUT2D eigenvalue weighted by atomic mass is 16.3. The zero-order valence-corrected chi connectivity index (χ0v) is 11.2. The van der Waals surface area contributed by atoms with Gasteiger partial charge in [0.2, 0.25) is 5.91 Å². The Kier molecular flexibility index (Phi) is 4.42. The Bertz CT molecular complexity index is 394. The van der Waals surface area contributed by atoms with Crippen LogP contribution in [-0.2, 0) is 4.79 Å². The SMILES string of the molecule is Cc1ccc(C(C)NCCC(=O)N2CCCC2)o1. The van der Waals surface area contributed by atoms with Crippen molar-refractivity contribution in [1.82, 2.24) is 10.2 Å². The van der Waals surface area contributed by atoms with E-state index in [2.05, 4.69) is 12.2 Å². The number of furan rings is 1. The highest BCUT2D eigenvalue weighted by molar-refractivity contribution is 5.76. The van der Waals surface area contributed by atoms with Gasteiger partial charge in [0.05, 0.1) is 6.04 Å². The Balaban J connectivity index is 1.70. The van der Waals surface area contributed by atoms with Gasteiger partial charge < -0.3 is 14.6 Å². The summed E-state index contributed by atoms with van der Waals surface area (Å²) in [5.41, 5.74) is 0. The molecule has 1 aromatic rings. The highest BCUT2D eigenvalue weighted by Gasteiger charge is 2.17. The molecule has 4 nitrogen and oxygen atoms in total. The predicted molar refractivity (Wildman–Crippen MR) is 70.3 cm³/mol. The quantitative estimate of drug-likeness (QED) is 0.871. The second-order valence-corrected chi connectivity index (χ2v) is 4.96. The van der Waals surface area contributed by atoms with Gasteiger partial charge in [0.15, 0.2) is 0 Å². The van der Waals surface area contributed by atoms with Gasteiger partial charge in [0.25, 0.3) is 0 Å². The molecule has 1 amide bonds. The molecule has 1 aromatic heterocycles. The van der Waals surface area contributed by atoms with E-state index in [1.807, 2.05) is 24.0 Å². The van der Waals surface area contributed by atoms with Crippen molar-refractivity contribution in [2.45, 2.75) is 39.2 Å². The molecule has 1 fully saturated rings. The summed E-state index contributed by atoms with van der Waals surface area (Å²) in [6.45, 7) is 6.57. The van der Waals surface area contributed by atoms with E-state index in [4.69, 9.17) is 4.42 Å². The molecule has 0 aromatic carbocycles. The molecule has 0 bridgehead atoms. The normalized spacial score (nSPS) is 17.1. The van der Waals surface area contributed by atoms with Crippen molar-refractivity contribution in [1.29, 1.82) is 0 Å². The van der Waals surface area contributed by atoms with E-state index in [1.54, 1.807) is 0 Å². The zero-order chi connectivity index (χ0) is 13.0. The molecular formula is C14H22N2O2. The third kappa shape index (κ3) is 3.35. The first kappa shape index (κ1) is 13.1. The van der Waals surface area contributed by atoms with Crippen molar-refractivity contribution in [3.05, 3.63) is 23.7 Å². The van der Waals surface area contributed by atoms with Crippen LogP contribution in [0.25, 0.3) is 0 Å². The van der Waals surface area contributed by atoms with E-state index >= 15 is 0 Å². The molecule has 18 heavy (non-hydrogen) atoms. The van der Waals surface area contributed by atoms with Gasteiger partial charge >= 0.3 is 0 Å². The Labute approximate surface area is 108 Å². The number of aryl methyl sites for hydroxylation is 1. The fourth-order valence-electron chi connectivity index (χ4n) is 2.31. The molecule has 0 saturated carbocycles. The van der Waals surface area contributed by atoms with Crippen LogP contribution < -0.4 is 5.32 Å². The molecule has 0 radical (unpaired) electrons. The molecule has 0 spiro atoms. The summed E-state index contributed by atoms with van der Waals surface area (Å²) in [5, 5.41) is 3.33. The number of carbonyl (C=O) groups excluding carboxylic acids is 1. The topological polar surface area (TPSA) is 45.5 Å². The van der Waals surface area contributed by atoms with Gasteiger partial charge in [-0.15, -0.1) is 0 Å². The first-order valence-electron chi connectivity index (χ1n) is 6.74. The Morgan fingerprint density at radius 3 is 2.78 bits per heavy atom. The third-order valence-electron chi connectivity index (χ3n) is 3.44. The number of carbonyl (C=O) groups is 1. The highest BCUT2D eigenvalue weighted by Crippen LogP contribution is 2.15. The van der Waals surface area contributed by atoms with Crippen molar-refractivity contribution in [2.24, 2.45) is 0 Å². The Hall–Kier alpha value is -1.29. The number of hydrogen-bond acceptors (Lipinski definition) is 3. The van der Waals surface area contributed by atoms with E-state index in [9.17, 15) is 4.79 Å². The molecule has 0 aliphatic carbocycles. The van der Waals surface area contributed by atoms with Gasteiger partial charge in [-0.25, -0.2) is 0 Å². The molecule has 4 heteroatoms. The number of nitrogens with zero attached hydrogens (tertiary/aromatic N) is 1. The number of rotatable bonds is 5. The molecular weight excluding hydrogens is 228 g/mol. The molecule has 1 aliphatic rings. The van der Waals surface area contributed by atoms with Crippen LogP contribution in [0.2, 0.25) is 0 Å². The fraction of sp³-hybridized carbons (Fsp3) is 0.643. The Morgan fingerprint density at radius 2 is 2.17 bits per heavy atom. The maximum atomic E-state index is 11.8. The molecule has 1 saturated heterocycles. The summed E-state index contributed by atoms with van der Waals surface area (Å²) in [6.07, 6.45) is 2.88. The lowest BCUT2D eigenvalue weighted by Gasteiger charge is -2.16. The van der Waals surface area contributed by atoms with Crippen LogP contribution in [0.3, 0.4) is 0 Å². The van der Waals surface area contributed by atoms with Crippen LogP contribution in [-0.4, -0.2) is 30.4 Å². The number of nitrogens with one attached hydrogen (secondary N) is 1. The molecule has 1 unspecified atom stereocenters. The third-order valence-corrected chi connectivity index (χ3v) is 3.44. The minimum atomic E-state index is 0.157. The van der Waals surface area contributed by atoms with E-state index in [0.29, 0.717) is 13.0 Å². The van der Waals surface area contributed by atoms with Gasteiger partial charge in [-0.1, -0.05) is 0 Å². The second-order valence-electron chi connectivity index (χ2n) is 4.96. The average Bonchev–Trinajstić information content (AvgIpc) is 2.99. The standard InChI is InChI=1S/C14H22N2O2/c1-11-5-6-13(18-11)12(2)15-8-7-14(17)16-9-3-4-10-16/h5-6,12,15H,3-4,7-10H2,1-2H3. The molecule has 1 aliphatic heterocycles. The van der Waals surface area contributed by atoms with E-state index in [-0.39, 0.29) is 11.9 Å². The largest absolute Gasteiger partial charge is 0.465 e. The average molecular weight is 250 g/mol. The van der Waals surface area contributed by atoms with Crippen LogP contribution in [0.5, 0.6) is 0 Å². The number of likely N-dealkylation sites (tertiary alicyclic amines) is 1. The van der Waals surface area contributed by atoms with E-state index in [1.165, 1.54) is 0 Å². The minimum Gasteiger partial charge on any atom is -0.465 e. The lowest BCUT2D eigenvalue weighted by atomic mass is 10.2. The van der Waals surface area contributed by atoms with Crippen LogP contribution in [0.4, 0.5) is 0 Å². The van der Waals surface area contributed by atoms with Gasteiger partial charge in [-0.2, -0.15) is 0 Å². The summed E-state index contributed by atoms with van der Waals surface area (Å²) >= 11 is 0. The monoisotopic (exact) mass is 250 g/mol. The van der Waals surface area contributed by atoms with Crippen molar-refractivity contribution >= 4 is 5.91 Å². The van der Waals surface area contributed by atoms with Crippen LogP contribution in [0.15, 0.2) is 16.5 Å². The van der Waals surface area contributed by atoms with E-state index in [0.717, 1.165) is 37.5 Å². The van der Waals surface area contributed by atoms with Crippen molar-refractivity contribution in [2.75, 3.05) is 19.6 Å². The first-order chi connectivity index (χ1) is 8.66. The maximum Gasteiger partial charge on any atom is 0.223 e.